The van der Waals surface area contributed by atoms with E-state index in [0.29, 0.717) is 25.0 Å². The van der Waals surface area contributed by atoms with Crippen molar-refractivity contribution in [2.75, 3.05) is 13.2 Å². The van der Waals surface area contributed by atoms with Crippen LogP contribution in [0.25, 0.3) is 0 Å². The standard InChI is InChI=1S/C42H78O6/c1-4-6-7-8-21-26-31-39-40(48-39)32-27-22-19-24-29-34-42(45)47-36-38(43)35-46-41(44)33-28-23-18-16-14-12-10-9-11-13-15-17-20-25-30-37(3)5-2/h21,26,37-40,43H,4-20,22-25,27-36H2,1-3H3/b26-21-/t37?,38-,39?,40?/m0/s1. The fourth-order valence-corrected chi connectivity index (χ4v) is 6.30. The first-order valence-corrected chi connectivity index (χ1v) is 20.8. The van der Waals surface area contributed by atoms with Gasteiger partial charge in [-0.25, -0.2) is 0 Å². The zero-order valence-electron chi connectivity index (χ0n) is 31.9. The minimum Gasteiger partial charge on any atom is -0.463 e. The summed E-state index contributed by atoms with van der Waals surface area (Å²) >= 11 is 0. The number of carbonyl (C=O) groups is 2. The first-order chi connectivity index (χ1) is 23.5. The molecular weight excluding hydrogens is 600 g/mol. The van der Waals surface area contributed by atoms with Crippen molar-refractivity contribution in [1.29, 1.82) is 0 Å². The third kappa shape index (κ3) is 29.5. The van der Waals surface area contributed by atoms with Crippen molar-refractivity contribution in [3.8, 4) is 0 Å². The summed E-state index contributed by atoms with van der Waals surface area (Å²) in [7, 11) is 0. The molecule has 1 saturated heterocycles. The van der Waals surface area contributed by atoms with Crippen LogP contribution in [0.2, 0.25) is 0 Å². The lowest BCUT2D eigenvalue weighted by molar-refractivity contribution is -0.152. The van der Waals surface area contributed by atoms with Crippen LogP contribution in [0, 0.1) is 5.92 Å². The number of hydrogen-bond donors (Lipinski definition) is 1. The molecule has 0 bridgehead atoms. The highest BCUT2D eigenvalue weighted by Crippen LogP contribution is 2.30. The van der Waals surface area contributed by atoms with Gasteiger partial charge in [0.15, 0.2) is 0 Å². The van der Waals surface area contributed by atoms with Crippen LogP contribution in [0.5, 0.6) is 0 Å². The molecule has 0 aromatic rings. The quantitative estimate of drug-likeness (QED) is 0.0307. The molecule has 0 aromatic carbocycles. The summed E-state index contributed by atoms with van der Waals surface area (Å²) in [5.74, 6) is 0.322. The van der Waals surface area contributed by atoms with E-state index in [1.54, 1.807) is 0 Å². The van der Waals surface area contributed by atoms with E-state index in [9.17, 15) is 14.7 Å². The highest BCUT2D eigenvalue weighted by atomic mass is 16.6. The van der Waals surface area contributed by atoms with E-state index < -0.39 is 6.10 Å². The number of epoxide rings is 1. The Bertz CT molecular complexity index is 767. The molecule has 4 atom stereocenters. The van der Waals surface area contributed by atoms with E-state index in [1.807, 2.05) is 0 Å². The van der Waals surface area contributed by atoms with Gasteiger partial charge in [0.2, 0.25) is 0 Å². The minimum atomic E-state index is -0.970. The van der Waals surface area contributed by atoms with Gasteiger partial charge in [-0.1, -0.05) is 168 Å². The topological polar surface area (TPSA) is 85.4 Å². The molecule has 0 amide bonds. The number of aliphatic hydroxyl groups excluding tert-OH is 1. The molecule has 1 aliphatic heterocycles. The van der Waals surface area contributed by atoms with Crippen molar-refractivity contribution >= 4 is 11.9 Å². The zero-order valence-corrected chi connectivity index (χ0v) is 31.9. The van der Waals surface area contributed by atoms with E-state index in [2.05, 4.69) is 32.9 Å². The van der Waals surface area contributed by atoms with E-state index in [1.165, 1.54) is 116 Å². The van der Waals surface area contributed by atoms with Gasteiger partial charge in [-0.15, -0.1) is 0 Å². The Morgan fingerprint density at radius 2 is 1.10 bits per heavy atom. The summed E-state index contributed by atoms with van der Waals surface area (Å²) in [6.45, 7) is 6.66. The predicted octanol–water partition coefficient (Wildman–Crippen LogP) is 11.7. The maximum atomic E-state index is 12.0. The van der Waals surface area contributed by atoms with Crippen LogP contribution in [0.1, 0.15) is 207 Å². The molecule has 1 rings (SSSR count). The van der Waals surface area contributed by atoms with Gasteiger partial charge in [-0.2, -0.15) is 0 Å². The maximum absolute atomic E-state index is 12.0. The van der Waals surface area contributed by atoms with Crippen molar-refractivity contribution in [2.45, 2.75) is 225 Å². The minimum absolute atomic E-state index is 0.120. The van der Waals surface area contributed by atoms with E-state index >= 15 is 0 Å². The molecule has 0 aliphatic carbocycles. The number of carbonyl (C=O) groups excluding carboxylic acids is 2. The molecule has 6 heteroatoms. The lowest BCUT2D eigenvalue weighted by atomic mass is 9.99. The molecule has 0 aromatic heterocycles. The van der Waals surface area contributed by atoms with Crippen LogP contribution in [0.15, 0.2) is 12.2 Å². The fraction of sp³-hybridized carbons (Fsp3) is 0.905. The van der Waals surface area contributed by atoms with Crippen LogP contribution in [0.4, 0.5) is 0 Å². The lowest BCUT2D eigenvalue weighted by Crippen LogP contribution is -2.25. The van der Waals surface area contributed by atoms with Gasteiger partial charge < -0.3 is 19.3 Å². The van der Waals surface area contributed by atoms with Crippen LogP contribution < -0.4 is 0 Å². The number of hydrogen-bond acceptors (Lipinski definition) is 6. The van der Waals surface area contributed by atoms with Crippen molar-refractivity contribution in [3.63, 3.8) is 0 Å². The SMILES string of the molecule is CCCCC/C=C\CC1OC1CCCCCCCC(=O)OC[C@@H](O)COC(=O)CCCCCCCCCCCCCCCCC(C)CC. The average Bonchev–Trinajstić information content (AvgIpc) is 3.84. The normalized spacial score (nSPS) is 17.1. The molecule has 0 spiro atoms. The van der Waals surface area contributed by atoms with Crippen LogP contribution in [-0.2, 0) is 23.8 Å². The number of allylic oxidation sites excluding steroid dienone is 1. The summed E-state index contributed by atoms with van der Waals surface area (Å²) in [6.07, 6.45) is 38.5. The van der Waals surface area contributed by atoms with Gasteiger partial charge in [0, 0.05) is 12.8 Å². The number of esters is 2. The third-order valence-electron chi connectivity index (χ3n) is 9.96. The number of aliphatic hydroxyl groups is 1. The number of ether oxygens (including phenoxy) is 3. The van der Waals surface area contributed by atoms with Gasteiger partial charge >= 0.3 is 11.9 Å². The fourth-order valence-electron chi connectivity index (χ4n) is 6.30. The van der Waals surface area contributed by atoms with Gasteiger partial charge in [-0.3, -0.25) is 9.59 Å². The molecule has 48 heavy (non-hydrogen) atoms. The largest absolute Gasteiger partial charge is 0.463 e. The number of unbranched alkanes of at least 4 members (excludes halogenated alkanes) is 20. The van der Waals surface area contributed by atoms with Gasteiger partial charge in [0.1, 0.15) is 19.3 Å². The smallest absolute Gasteiger partial charge is 0.305 e. The first-order valence-electron chi connectivity index (χ1n) is 20.8. The summed E-state index contributed by atoms with van der Waals surface area (Å²) < 4.78 is 16.1. The Morgan fingerprint density at radius 3 is 1.60 bits per heavy atom. The van der Waals surface area contributed by atoms with Crippen molar-refractivity contribution in [2.24, 2.45) is 5.92 Å². The molecular formula is C42H78O6. The van der Waals surface area contributed by atoms with Gasteiger partial charge in [0.25, 0.3) is 0 Å². The summed E-state index contributed by atoms with van der Waals surface area (Å²) in [6, 6.07) is 0. The van der Waals surface area contributed by atoms with E-state index in [-0.39, 0.29) is 25.2 Å². The zero-order chi connectivity index (χ0) is 34.9. The summed E-state index contributed by atoms with van der Waals surface area (Å²) in [5.41, 5.74) is 0. The average molecular weight is 679 g/mol. The second kappa shape index (κ2) is 32.8. The third-order valence-corrected chi connectivity index (χ3v) is 9.96. The summed E-state index contributed by atoms with van der Waals surface area (Å²) in [4.78, 5) is 24.0. The second-order valence-electron chi connectivity index (χ2n) is 14.7. The highest BCUT2D eigenvalue weighted by molar-refractivity contribution is 5.69. The molecule has 0 saturated carbocycles. The first kappa shape index (κ1) is 44.6. The van der Waals surface area contributed by atoms with E-state index in [0.717, 1.165) is 63.7 Å². The Balaban J connectivity index is 1.80. The van der Waals surface area contributed by atoms with Crippen LogP contribution in [0.3, 0.4) is 0 Å². The Hall–Kier alpha value is -1.40. The molecule has 0 radical (unpaired) electrons. The number of rotatable bonds is 36. The molecule has 1 fully saturated rings. The van der Waals surface area contributed by atoms with E-state index in [4.69, 9.17) is 14.2 Å². The lowest BCUT2D eigenvalue weighted by Gasteiger charge is -2.12. The van der Waals surface area contributed by atoms with Crippen molar-refractivity contribution in [1.82, 2.24) is 0 Å². The predicted molar refractivity (Wildman–Crippen MR) is 200 cm³/mol. The van der Waals surface area contributed by atoms with Gasteiger partial charge in [0.05, 0.1) is 12.2 Å². The molecule has 1 N–H and O–H groups in total. The Kier molecular flexibility index (Phi) is 30.5. The summed E-state index contributed by atoms with van der Waals surface area (Å²) in [5, 5.41) is 10.0. The Labute approximate surface area is 296 Å². The van der Waals surface area contributed by atoms with Crippen LogP contribution >= 0.6 is 0 Å². The molecule has 282 valence electrons. The monoisotopic (exact) mass is 679 g/mol. The highest BCUT2D eigenvalue weighted by Gasteiger charge is 2.36. The van der Waals surface area contributed by atoms with Gasteiger partial charge in [-0.05, 0) is 44.4 Å². The molecule has 1 aliphatic rings. The molecule has 1 heterocycles. The van der Waals surface area contributed by atoms with Crippen molar-refractivity contribution < 1.29 is 28.9 Å². The molecule has 3 unspecified atom stereocenters. The Morgan fingerprint density at radius 1 is 0.625 bits per heavy atom. The molecule has 6 nitrogen and oxygen atoms in total. The second-order valence-corrected chi connectivity index (χ2v) is 14.7. The maximum Gasteiger partial charge on any atom is 0.305 e. The van der Waals surface area contributed by atoms with Crippen LogP contribution in [-0.4, -0.2) is 48.6 Å². The van der Waals surface area contributed by atoms with Crippen molar-refractivity contribution in [3.05, 3.63) is 12.2 Å².